The average Bonchev–Trinajstić information content (AvgIpc) is 2.47. The van der Waals surface area contributed by atoms with Crippen LogP contribution < -0.4 is 4.90 Å². The van der Waals surface area contributed by atoms with E-state index in [9.17, 15) is 9.59 Å². The third-order valence-electron chi connectivity index (χ3n) is 2.06. The predicted octanol–water partition coefficient (Wildman–Crippen LogP) is 0.0908. The summed E-state index contributed by atoms with van der Waals surface area (Å²) in [5.74, 6) is 0.407. The molecular formula is C9H9N3O2. The number of nitrogens with zero attached hydrogens (tertiary/aromatic N) is 3. The maximum Gasteiger partial charge on any atom is 0.235 e. The predicted molar refractivity (Wildman–Crippen MR) is 48.7 cm³/mol. The van der Waals surface area contributed by atoms with Crippen LogP contribution in [0.5, 0.6) is 0 Å². The Morgan fingerprint density at radius 3 is 2.43 bits per heavy atom. The van der Waals surface area contributed by atoms with Gasteiger partial charge in [-0.3, -0.25) is 9.59 Å². The van der Waals surface area contributed by atoms with E-state index < -0.39 is 0 Å². The molecule has 0 atom stereocenters. The third kappa shape index (κ3) is 1.48. The van der Waals surface area contributed by atoms with Crippen molar-refractivity contribution in [1.82, 2.24) is 9.97 Å². The maximum atomic E-state index is 11.3. The Bertz CT molecular complexity index is 386. The standard InChI is InChI=1S/C9H9N3O2/c1-6-10-3-7(4-11-6)12-5-8(13)2-9(12)14/h3-4H,2,5H2,1H3. The molecule has 1 aromatic rings. The van der Waals surface area contributed by atoms with E-state index in [1.807, 2.05) is 0 Å². The normalized spacial score (nSPS) is 16.5. The van der Waals surface area contributed by atoms with Crippen LogP contribution in [0.25, 0.3) is 0 Å². The highest BCUT2D eigenvalue weighted by Gasteiger charge is 2.28. The number of amides is 1. The Labute approximate surface area is 80.8 Å². The summed E-state index contributed by atoms with van der Waals surface area (Å²) in [5.41, 5.74) is 0.589. The minimum atomic E-state index is -0.178. The van der Waals surface area contributed by atoms with Crippen molar-refractivity contribution in [3.8, 4) is 0 Å². The van der Waals surface area contributed by atoms with E-state index in [2.05, 4.69) is 9.97 Å². The van der Waals surface area contributed by atoms with E-state index in [4.69, 9.17) is 0 Å². The highest BCUT2D eigenvalue weighted by Crippen LogP contribution is 2.17. The largest absolute Gasteiger partial charge is 0.302 e. The lowest BCUT2D eigenvalue weighted by molar-refractivity contribution is -0.121. The topological polar surface area (TPSA) is 63.2 Å². The molecule has 2 heterocycles. The molecule has 14 heavy (non-hydrogen) atoms. The summed E-state index contributed by atoms with van der Waals surface area (Å²) in [6.45, 7) is 1.91. The van der Waals surface area contributed by atoms with Gasteiger partial charge in [-0.2, -0.15) is 0 Å². The second-order valence-corrected chi connectivity index (χ2v) is 3.18. The molecule has 0 radical (unpaired) electrons. The van der Waals surface area contributed by atoms with E-state index in [-0.39, 0.29) is 24.7 Å². The van der Waals surface area contributed by atoms with E-state index in [0.717, 1.165) is 0 Å². The van der Waals surface area contributed by atoms with Crippen LogP contribution in [0.15, 0.2) is 12.4 Å². The molecule has 72 valence electrons. The number of aryl methyl sites for hydroxylation is 1. The molecule has 1 amide bonds. The summed E-state index contributed by atoms with van der Waals surface area (Å²) < 4.78 is 0. The zero-order valence-electron chi connectivity index (χ0n) is 7.73. The molecule has 0 aliphatic carbocycles. The van der Waals surface area contributed by atoms with E-state index >= 15 is 0 Å². The van der Waals surface area contributed by atoms with Crippen LogP contribution in [0, 0.1) is 6.92 Å². The van der Waals surface area contributed by atoms with Crippen molar-refractivity contribution in [2.45, 2.75) is 13.3 Å². The summed E-state index contributed by atoms with van der Waals surface area (Å²) in [6, 6.07) is 0. The highest BCUT2D eigenvalue weighted by atomic mass is 16.2. The van der Waals surface area contributed by atoms with Crippen LogP contribution in [0.3, 0.4) is 0 Å². The number of anilines is 1. The molecule has 5 nitrogen and oxygen atoms in total. The van der Waals surface area contributed by atoms with Crippen LogP contribution in [-0.4, -0.2) is 28.2 Å². The molecule has 0 aromatic carbocycles. The zero-order chi connectivity index (χ0) is 10.1. The smallest absolute Gasteiger partial charge is 0.235 e. The molecule has 2 rings (SSSR count). The van der Waals surface area contributed by atoms with Gasteiger partial charge in [-0.1, -0.05) is 0 Å². The maximum absolute atomic E-state index is 11.3. The summed E-state index contributed by atoms with van der Waals surface area (Å²) in [5, 5.41) is 0. The van der Waals surface area contributed by atoms with Crippen LogP contribution >= 0.6 is 0 Å². The number of hydrogen-bond donors (Lipinski definition) is 0. The van der Waals surface area contributed by atoms with Crippen molar-refractivity contribution in [2.75, 3.05) is 11.4 Å². The summed E-state index contributed by atoms with van der Waals surface area (Å²) in [4.78, 5) is 31.7. The molecule has 1 saturated heterocycles. The molecule has 0 N–H and O–H groups in total. The molecule has 1 aliphatic rings. The summed E-state index contributed by atoms with van der Waals surface area (Å²) in [7, 11) is 0. The lowest BCUT2D eigenvalue weighted by Gasteiger charge is -2.12. The van der Waals surface area contributed by atoms with Gasteiger partial charge in [-0.25, -0.2) is 9.97 Å². The summed E-state index contributed by atoms with van der Waals surface area (Å²) in [6.07, 6.45) is 3.10. The van der Waals surface area contributed by atoms with Gasteiger partial charge in [0, 0.05) is 0 Å². The second kappa shape index (κ2) is 3.17. The number of rotatable bonds is 1. The lowest BCUT2D eigenvalue weighted by Crippen LogP contribution is -2.24. The van der Waals surface area contributed by atoms with Crippen molar-refractivity contribution in [3.63, 3.8) is 0 Å². The fourth-order valence-corrected chi connectivity index (χ4v) is 1.34. The first kappa shape index (κ1) is 8.80. The minimum absolute atomic E-state index is 0.00607. The van der Waals surface area contributed by atoms with Crippen LogP contribution in [-0.2, 0) is 9.59 Å². The van der Waals surface area contributed by atoms with Gasteiger partial charge in [0.05, 0.1) is 31.0 Å². The Morgan fingerprint density at radius 2 is 1.93 bits per heavy atom. The molecule has 0 saturated carbocycles. The Balaban J connectivity index is 2.27. The number of aromatic nitrogens is 2. The van der Waals surface area contributed by atoms with Crippen LogP contribution in [0.2, 0.25) is 0 Å². The van der Waals surface area contributed by atoms with Crippen molar-refractivity contribution in [3.05, 3.63) is 18.2 Å². The molecule has 0 unspecified atom stereocenters. The second-order valence-electron chi connectivity index (χ2n) is 3.18. The summed E-state index contributed by atoms with van der Waals surface area (Å²) >= 11 is 0. The van der Waals surface area contributed by atoms with Gasteiger partial charge in [-0.05, 0) is 6.92 Å². The molecular weight excluding hydrogens is 182 g/mol. The Kier molecular flexibility index (Phi) is 1.99. The van der Waals surface area contributed by atoms with Crippen LogP contribution in [0.4, 0.5) is 5.69 Å². The van der Waals surface area contributed by atoms with Crippen LogP contribution in [0.1, 0.15) is 12.2 Å². The Hall–Kier alpha value is -1.78. The molecule has 5 heteroatoms. The molecule has 1 aliphatic heterocycles. The highest BCUT2D eigenvalue weighted by molar-refractivity contribution is 6.14. The first-order valence-electron chi connectivity index (χ1n) is 4.27. The first-order chi connectivity index (χ1) is 6.66. The van der Waals surface area contributed by atoms with Gasteiger partial charge in [0.15, 0.2) is 5.78 Å². The number of Topliss-reactive ketones (excluding diaryl/α,β-unsaturated/α-hetero) is 1. The molecule has 1 aromatic heterocycles. The van der Waals surface area contributed by atoms with Crippen molar-refractivity contribution in [1.29, 1.82) is 0 Å². The fourth-order valence-electron chi connectivity index (χ4n) is 1.34. The average molecular weight is 191 g/mol. The number of hydrogen-bond acceptors (Lipinski definition) is 4. The van der Waals surface area contributed by atoms with Gasteiger partial charge < -0.3 is 4.90 Å². The third-order valence-corrected chi connectivity index (χ3v) is 2.06. The van der Waals surface area contributed by atoms with Gasteiger partial charge in [-0.15, -0.1) is 0 Å². The first-order valence-corrected chi connectivity index (χ1v) is 4.27. The monoisotopic (exact) mass is 191 g/mol. The minimum Gasteiger partial charge on any atom is -0.302 e. The van der Waals surface area contributed by atoms with E-state index in [1.165, 1.54) is 4.90 Å². The van der Waals surface area contributed by atoms with Gasteiger partial charge >= 0.3 is 0 Å². The van der Waals surface area contributed by atoms with Crippen molar-refractivity contribution in [2.24, 2.45) is 0 Å². The number of ketones is 1. The molecule has 0 spiro atoms. The fraction of sp³-hybridized carbons (Fsp3) is 0.333. The zero-order valence-corrected chi connectivity index (χ0v) is 7.73. The lowest BCUT2D eigenvalue weighted by atomic mass is 10.3. The van der Waals surface area contributed by atoms with Crippen molar-refractivity contribution >= 4 is 17.4 Å². The van der Waals surface area contributed by atoms with E-state index in [1.54, 1.807) is 19.3 Å². The number of carbonyl (C=O) groups excluding carboxylic acids is 2. The van der Waals surface area contributed by atoms with Gasteiger partial charge in [0.25, 0.3) is 0 Å². The van der Waals surface area contributed by atoms with Gasteiger partial charge in [0.1, 0.15) is 5.82 Å². The number of carbonyl (C=O) groups is 2. The van der Waals surface area contributed by atoms with Crippen molar-refractivity contribution < 1.29 is 9.59 Å². The molecule has 0 bridgehead atoms. The SMILES string of the molecule is Cc1ncc(N2CC(=O)CC2=O)cn1. The van der Waals surface area contributed by atoms with E-state index in [0.29, 0.717) is 11.5 Å². The van der Waals surface area contributed by atoms with Gasteiger partial charge in [0.2, 0.25) is 5.91 Å². The molecule has 1 fully saturated rings. The quantitative estimate of drug-likeness (QED) is 0.590. The Morgan fingerprint density at radius 1 is 1.29 bits per heavy atom.